The maximum absolute atomic E-state index is 13.1. The van der Waals surface area contributed by atoms with Gasteiger partial charge in [0.05, 0.1) is 24.5 Å². The van der Waals surface area contributed by atoms with Crippen molar-refractivity contribution in [3.05, 3.63) is 40.7 Å². The van der Waals surface area contributed by atoms with Gasteiger partial charge in [-0.15, -0.1) is 5.10 Å². The number of Topliss-reactive ketones (excluding diaryl/α,β-unsaturated/α-hetero) is 1. The molecule has 1 aliphatic heterocycles. The molecule has 3 heterocycles. The van der Waals surface area contributed by atoms with Crippen LogP contribution in [0.15, 0.2) is 18.2 Å². The molecule has 2 aromatic heterocycles. The van der Waals surface area contributed by atoms with Crippen molar-refractivity contribution in [1.29, 1.82) is 0 Å². The number of carbonyl (C=O) groups is 1. The Balaban J connectivity index is 1.63. The maximum Gasteiger partial charge on any atom is 0.433 e. The highest BCUT2D eigenvalue weighted by Gasteiger charge is 2.33. The zero-order valence-electron chi connectivity index (χ0n) is 19.3. The van der Waals surface area contributed by atoms with E-state index in [1.54, 1.807) is 6.92 Å². The molecule has 1 saturated heterocycles. The fraction of sp³-hybridized carbons (Fsp3) is 0.565. The van der Waals surface area contributed by atoms with E-state index in [1.165, 1.54) is 6.07 Å². The van der Waals surface area contributed by atoms with Crippen LogP contribution in [-0.4, -0.2) is 52.9 Å². The second kappa shape index (κ2) is 10.5. The quantitative estimate of drug-likeness (QED) is 0.583. The van der Waals surface area contributed by atoms with E-state index in [-0.39, 0.29) is 48.9 Å². The molecule has 0 saturated carbocycles. The molecule has 10 heteroatoms. The van der Waals surface area contributed by atoms with Gasteiger partial charge in [0.2, 0.25) is 5.88 Å². The van der Waals surface area contributed by atoms with Gasteiger partial charge in [-0.25, -0.2) is 4.98 Å². The molecule has 2 aromatic rings. The molecule has 0 aromatic carbocycles. The summed E-state index contributed by atoms with van der Waals surface area (Å²) >= 11 is 0. The summed E-state index contributed by atoms with van der Waals surface area (Å²) < 4.78 is 50.2. The first-order valence-corrected chi connectivity index (χ1v) is 11.0. The molecule has 0 aliphatic carbocycles. The van der Waals surface area contributed by atoms with E-state index in [1.807, 2.05) is 26.8 Å². The van der Waals surface area contributed by atoms with Crippen molar-refractivity contribution in [1.82, 2.24) is 15.2 Å². The van der Waals surface area contributed by atoms with Crippen LogP contribution in [0.25, 0.3) is 0 Å². The van der Waals surface area contributed by atoms with Crippen LogP contribution in [0.5, 0.6) is 5.88 Å². The number of anilines is 1. The molecule has 1 aliphatic rings. The number of rotatable bonds is 8. The van der Waals surface area contributed by atoms with Gasteiger partial charge in [-0.2, -0.15) is 18.3 Å². The number of hydrogen-bond donors (Lipinski definition) is 0. The number of aromatic nitrogens is 3. The number of carbonyl (C=O) groups excluding carboxylic acids is 1. The van der Waals surface area contributed by atoms with Crippen LogP contribution >= 0.6 is 0 Å². The normalized spacial score (nSPS) is 18.9. The average Bonchev–Trinajstić information content (AvgIpc) is 2.71. The van der Waals surface area contributed by atoms with Gasteiger partial charge in [0.25, 0.3) is 0 Å². The molecule has 0 spiro atoms. The Labute approximate surface area is 191 Å². The third kappa shape index (κ3) is 6.86. The van der Waals surface area contributed by atoms with Crippen LogP contribution in [-0.2, 0) is 28.5 Å². The second-order valence-electron chi connectivity index (χ2n) is 8.35. The van der Waals surface area contributed by atoms with Gasteiger partial charge >= 0.3 is 6.18 Å². The fourth-order valence-corrected chi connectivity index (χ4v) is 3.93. The van der Waals surface area contributed by atoms with E-state index in [0.29, 0.717) is 12.1 Å². The van der Waals surface area contributed by atoms with Gasteiger partial charge in [-0.3, -0.25) is 4.79 Å². The highest BCUT2D eigenvalue weighted by molar-refractivity contribution is 5.81. The Hall–Kier alpha value is -2.75. The maximum atomic E-state index is 13.1. The number of alkyl halides is 3. The van der Waals surface area contributed by atoms with E-state index < -0.39 is 11.9 Å². The van der Waals surface area contributed by atoms with Crippen molar-refractivity contribution in [2.24, 2.45) is 0 Å². The van der Waals surface area contributed by atoms with Crippen molar-refractivity contribution in [2.45, 2.75) is 65.3 Å². The molecular weight excluding hydrogens is 437 g/mol. The lowest BCUT2D eigenvalue weighted by atomic mass is 10.0. The van der Waals surface area contributed by atoms with E-state index in [0.717, 1.165) is 30.5 Å². The summed E-state index contributed by atoms with van der Waals surface area (Å²) in [6.07, 6.45) is -4.05. The van der Waals surface area contributed by atoms with E-state index in [4.69, 9.17) is 9.47 Å². The fourth-order valence-electron chi connectivity index (χ4n) is 3.93. The molecule has 7 nitrogen and oxygen atoms in total. The monoisotopic (exact) mass is 466 g/mol. The predicted molar refractivity (Wildman–Crippen MR) is 116 cm³/mol. The molecule has 0 amide bonds. The lowest BCUT2D eigenvalue weighted by Gasteiger charge is -2.36. The van der Waals surface area contributed by atoms with Crippen molar-refractivity contribution >= 4 is 11.6 Å². The van der Waals surface area contributed by atoms with Gasteiger partial charge in [0.15, 0.2) is 5.82 Å². The van der Waals surface area contributed by atoms with Crippen molar-refractivity contribution in [3.8, 4) is 5.88 Å². The molecule has 0 N–H and O–H groups in total. The highest BCUT2D eigenvalue weighted by Crippen LogP contribution is 2.30. The summed E-state index contributed by atoms with van der Waals surface area (Å²) in [6, 6.07) is 4.17. The van der Waals surface area contributed by atoms with Crippen LogP contribution in [0, 0.1) is 6.92 Å². The van der Waals surface area contributed by atoms with Gasteiger partial charge < -0.3 is 14.4 Å². The molecule has 33 heavy (non-hydrogen) atoms. The lowest BCUT2D eigenvalue weighted by Crippen LogP contribution is -2.46. The third-order valence-electron chi connectivity index (χ3n) is 5.23. The van der Waals surface area contributed by atoms with E-state index >= 15 is 0 Å². The lowest BCUT2D eigenvalue weighted by molar-refractivity contribution is -0.141. The standard InChI is InChI=1S/C23H29F3N4O3/c1-5-32-21-11-17(10-20(27-21)23(24,25)26)9-19(31)7-6-18-8-14(2)22(29-28-18)30-12-15(3)33-16(4)13-30/h8,10-11,15-16H,5-7,9,12-13H2,1-4H3/t15-,16-/m0/s1. The van der Waals surface area contributed by atoms with Crippen LogP contribution in [0.4, 0.5) is 19.0 Å². The van der Waals surface area contributed by atoms with Crippen molar-refractivity contribution < 1.29 is 27.4 Å². The van der Waals surface area contributed by atoms with Crippen LogP contribution in [0.1, 0.15) is 49.7 Å². The van der Waals surface area contributed by atoms with Gasteiger partial charge in [-0.1, -0.05) is 0 Å². The average molecular weight is 467 g/mol. The highest BCUT2D eigenvalue weighted by atomic mass is 19.4. The largest absolute Gasteiger partial charge is 0.478 e. The van der Waals surface area contributed by atoms with E-state index in [9.17, 15) is 18.0 Å². The van der Waals surface area contributed by atoms with Crippen molar-refractivity contribution in [2.75, 3.05) is 24.6 Å². The van der Waals surface area contributed by atoms with Crippen LogP contribution in [0.3, 0.4) is 0 Å². The number of ketones is 1. The summed E-state index contributed by atoms with van der Waals surface area (Å²) in [4.78, 5) is 18.1. The Bertz CT molecular complexity index is 974. The number of morpholine rings is 1. The number of halogens is 3. The number of ether oxygens (including phenoxy) is 2. The minimum atomic E-state index is -4.62. The number of nitrogens with zero attached hydrogens (tertiary/aromatic N) is 4. The topological polar surface area (TPSA) is 77.4 Å². The zero-order valence-corrected chi connectivity index (χ0v) is 19.3. The summed E-state index contributed by atoms with van der Waals surface area (Å²) in [7, 11) is 0. The third-order valence-corrected chi connectivity index (χ3v) is 5.23. The van der Waals surface area contributed by atoms with Gasteiger partial charge in [0, 0.05) is 32.0 Å². The summed E-state index contributed by atoms with van der Waals surface area (Å²) in [6.45, 7) is 9.28. The molecule has 1 fully saturated rings. The molecule has 0 unspecified atom stereocenters. The zero-order chi connectivity index (χ0) is 24.2. The Morgan fingerprint density at radius 2 is 1.88 bits per heavy atom. The van der Waals surface area contributed by atoms with Crippen LogP contribution < -0.4 is 9.64 Å². The second-order valence-corrected chi connectivity index (χ2v) is 8.35. The van der Waals surface area contributed by atoms with Gasteiger partial charge in [-0.05, 0) is 57.4 Å². The number of aryl methyl sites for hydroxylation is 2. The predicted octanol–water partition coefficient (Wildman–Crippen LogP) is 3.96. The molecule has 3 rings (SSSR count). The minimum absolute atomic E-state index is 0.0986. The molecule has 0 bridgehead atoms. The molecular formula is C23H29F3N4O3. The Morgan fingerprint density at radius 1 is 1.18 bits per heavy atom. The summed E-state index contributed by atoms with van der Waals surface area (Å²) in [5, 5.41) is 8.63. The first kappa shape index (κ1) is 24.9. The molecule has 0 radical (unpaired) electrons. The first-order chi connectivity index (χ1) is 15.5. The number of pyridine rings is 1. The summed E-state index contributed by atoms with van der Waals surface area (Å²) in [5.41, 5.74) is 0.776. The SMILES string of the molecule is CCOc1cc(CC(=O)CCc2cc(C)c(N3C[C@H](C)O[C@@H](C)C3)nn2)cc(C(F)(F)F)n1. The molecule has 180 valence electrons. The number of hydrogen-bond acceptors (Lipinski definition) is 7. The van der Waals surface area contributed by atoms with E-state index in [2.05, 4.69) is 20.1 Å². The smallest absolute Gasteiger partial charge is 0.433 e. The first-order valence-electron chi connectivity index (χ1n) is 11.0. The van der Waals surface area contributed by atoms with Gasteiger partial charge in [0.1, 0.15) is 11.5 Å². The Morgan fingerprint density at radius 3 is 2.48 bits per heavy atom. The molecule has 2 atom stereocenters. The minimum Gasteiger partial charge on any atom is -0.478 e. The van der Waals surface area contributed by atoms with Crippen molar-refractivity contribution in [3.63, 3.8) is 0 Å². The van der Waals surface area contributed by atoms with Crippen LogP contribution in [0.2, 0.25) is 0 Å². The Kier molecular flexibility index (Phi) is 7.88. The summed E-state index contributed by atoms with van der Waals surface area (Å²) in [5.74, 6) is 0.460.